The van der Waals surface area contributed by atoms with Crippen molar-refractivity contribution in [3.8, 4) is 0 Å². The molecule has 3 heterocycles. The maximum Gasteiger partial charge on any atom is 0.279 e. The highest BCUT2D eigenvalue weighted by Gasteiger charge is 2.19. The second-order valence-corrected chi connectivity index (χ2v) is 4.83. The van der Waals surface area contributed by atoms with Crippen molar-refractivity contribution >= 4 is 11.0 Å². The van der Waals surface area contributed by atoms with Gasteiger partial charge in [-0.05, 0) is 19.2 Å². The van der Waals surface area contributed by atoms with Crippen LogP contribution in [-0.2, 0) is 11.3 Å². The third-order valence-electron chi connectivity index (χ3n) is 3.33. The SMILES string of the molecule is CN1CCOC(Cn2cnc3cccnc3c2=O)C1. The summed E-state index contributed by atoms with van der Waals surface area (Å²) >= 11 is 0. The van der Waals surface area contributed by atoms with E-state index in [1.54, 1.807) is 29.2 Å². The topological polar surface area (TPSA) is 60.2 Å². The lowest BCUT2D eigenvalue weighted by Crippen LogP contribution is -2.43. The highest BCUT2D eigenvalue weighted by Crippen LogP contribution is 2.06. The predicted molar refractivity (Wildman–Crippen MR) is 71.0 cm³/mol. The number of ether oxygens (including phenoxy) is 1. The average Bonchev–Trinajstić information content (AvgIpc) is 2.42. The van der Waals surface area contributed by atoms with Crippen molar-refractivity contribution in [3.63, 3.8) is 0 Å². The number of morpholine rings is 1. The van der Waals surface area contributed by atoms with Crippen molar-refractivity contribution in [1.29, 1.82) is 0 Å². The van der Waals surface area contributed by atoms with E-state index in [1.807, 2.05) is 0 Å². The normalized spacial score (nSPS) is 20.8. The molecule has 3 rings (SSSR count). The predicted octanol–water partition coefficient (Wildman–Crippen LogP) is 0.122. The Morgan fingerprint density at radius 3 is 3.21 bits per heavy atom. The maximum atomic E-state index is 12.3. The first-order valence-electron chi connectivity index (χ1n) is 6.34. The van der Waals surface area contributed by atoms with Crippen LogP contribution in [0.3, 0.4) is 0 Å². The van der Waals surface area contributed by atoms with Crippen LogP contribution in [0.2, 0.25) is 0 Å². The molecule has 1 unspecified atom stereocenters. The largest absolute Gasteiger partial charge is 0.374 e. The molecule has 0 radical (unpaired) electrons. The van der Waals surface area contributed by atoms with Crippen LogP contribution in [-0.4, -0.2) is 52.3 Å². The third-order valence-corrected chi connectivity index (χ3v) is 3.33. The second kappa shape index (κ2) is 5.07. The Kier molecular flexibility index (Phi) is 3.27. The zero-order chi connectivity index (χ0) is 13.2. The van der Waals surface area contributed by atoms with Crippen LogP contribution in [0.25, 0.3) is 11.0 Å². The van der Waals surface area contributed by atoms with Gasteiger partial charge in [-0.1, -0.05) is 0 Å². The Labute approximate surface area is 110 Å². The lowest BCUT2D eigenvalue weighted by Gasteiger charge is -2.30. The molecule has 2 aromatic heterocycles. The molecular formula is C13H16N4O2. The van der Waals surface area contributed by atoms with Crippen molar-refractivity contribution < 1.29 is 4.74 Å². The Balaban J connectivity index is 1.89. The van der Waals surface area contributed by atoms with Gasteiger partial charge in [-0.25, -0.2) is 9.97 Å². The van der Waals surface area contributed by atoms with Gasteiger partial charge in [-0.2, -0.15) is 0 Å². The number of fused-ring (bicyclic) bond motifs is 1. The molecule has 2 aromatic rings. The van der Waals surface area contributed by atoms with E-state index in [2.05, 4.69) is 21.9 Å². The molecule has 100 valence electrons. The Bertz CT molecular complexity index is 640. The van der Waals surface area contributed by atoms with E-state index in [-0.39, 0.29) is 11.7 Å². The van der Waals surface area contributed by atoms with Gasteiger partial charge in [0, 0.05) is 19.3 Å². The van der Waals surface area contributed by atoms with E-state index in [1.165, 1.54) is 0 Å². The van der Waals surface area contributed by atoms with Crippen molar-refractivity contribution in [2.45, 2.75) is 12.6 Å². The van der Waals surface area contributed by atoms with Gasteiger partial charge < -0.3 is 9.64 Å². The first kappa shape index (κ1) is 12.3. The number of nitrogens with zero attached hydrogens (tertiary/aromatic N) is 4. The number of likely N-dealkylation sites (N-methyl/N-ethyl adjacent to an activating group) is 1. The lowest BCUT2D eigenvalue weighted by atomic mass is 10.2. The second-order valence-electron chi connectivity index (χ2n) is 4.83. The van der Waals surface area contributed by atoms with Crippen LogP contribution in [0.4, 0.5) is 0 Å². The minimum atomic E-state index is -0.109. The fourth-order valence-electron chi connectivity index (χ4n) is 2.31. The summed E-state index contributed by atoms with van der Waals surface area (Å²) in [6.45, 7) is 2.98. The van der Waals surface area contributed by atoms with Gasteiger partial charge in [0.25, 0.3) is 5.56 Å². The van der Waals surface area contributed by atoms with Crippen LogP contribution in [0.5, 0.6) is 0 Å². The smallest absolute Gasteiger partial charge is 0.279 e. The Hall–Kier alpha value is -1.79. The van der Waals surface area contributed by atoms with Crippen molar-refractivity contribution in [2.24, 2.45) is 0 Å². The lowest BCUT2D eigenvalue weighted by molar-refractivity contribution is -0.0279. The number of hydrogen-bond donors (Lipinski definition) is 0. The van der Waals surface area contributed by atoms with Gasteiger partial charge in [-0.15, -0.1) is 0 Å². The van der Waals surface area contributed by atoms with Crippen molar-refractivity contribution in [3.05, 3.63) is 35.0 Å². The van der Waals surface area contributed by atoms with E-state index in [0.29, 0.717) is 24.2 Å². The average molecular weight is 260 g/mol. The molecule has 6 heteroatoms. The zero-order valence-electron chi connectivity index (χ0n) is 10.8. The van der Waals surface area contributed by atoms with E-state index in [9.17, 15) is 4.79 Å². The van der Waals surface area contributed by atoms with Gasteiger partial charge in [-0.3, -0.25) is 9.36 Å². The van der Waals surface area contributed by atoms with Crippen LogP contribution in [0.1, 0.15) is 0 Å². The van der Waals surface area contributed by atoms with Gasteiger partial charge in [0.2, 0.25) is 0 Å². The Morgan fingerprint density at radius 1 is 1.47 bits per heavy atom. The molecule has 0 amide bonds. The van der Waals surface area contributed by atoms with Crippen LogP contribution in [0.15, 0.2) is 29.5 Å². The first-order valence-corrected chi connectivity index (χ1v) is 6.34. The molecule has 6 nitrogen and oxygen atoms in total. The van der Waals surface area contributed by atoms with Crippen LogP contribution < -0.4 is 5.56 Å². The van der Waals surface area contributed by atoms with E-state index < -0.39 is 0 Å². The van der Waals surface area contributed by atoms with Gasteiger partial charge in [0.15, 0.2) is 5.52 Å². The maximum absolute atomic E-state index is 12.3. The van der Waals surface area contributed by atoms with Gasteiger partial charge in [0.05, 0.1) is 31.1 Å². The summed E-state index contributed by atoms with van der Waals surface area (Å²) in [6, 6.07) is 3.57. The number of rotatable bonds is 2. The number of pyridine rings is 1. The number of hydrogen-bond acceptors (Lipinski definition) is 5. The van der Waals surface area contributed by atoms with Crippen LogP contribution >= 0.6 is 0 Å². The highest BCUT2D eigenvalue weighted by molar-refractivity contribution is 5.71. The molecule has 1 aliphatic heterocycles. The van der Waals surface area contributed by atoms with E-state index >= 15 is 0 Å². The minimum absolute atomic E-state index is 0.0272. The number of aromatic nitrogens is 3. The van der Waals surface area contributed by atoms with Crippen molar-refractivity contribution in [1.82, 2.24) is 19.4 Å². The summed E-state index contributed by atoms with van der Waals surface area (Å²) in [4.78, 5) is 22.8. The molecule has 0 N–H and O–H groups in total. The molecular weight excluding hydrogens is 244 g/mol. The zero-order valence-corrected chi connectivity index (χ0v) is 10.8. The molecule has 0 aliphatic carbocycles. The summed E-state index contributed by atoms with van der Waals surface area (Å²) in [7, 11) is 2.05. The molecule has 1 fully saturated rings. The Morgan fingerprint density at radius 2 is 2.37 bits per heavy atom. The minimum Gasteiger partial charge on any atom is -0.374 e. The molecule has 19 heavy (non-hydrogen) atoms. The van der Waals surface area contributed by atoms with E-state index in [0.717, 1.165) is 13.1 Å². The van der Waals surface area contributed by atoms with Crippen LogP contribution in [0, 0.1) is 0 Å². The first-order chi connectivity index (χ1) is 9.24. The molecule has 1 atom stereocenters. The van der Waals surface area contributed by atoms with Crippen molar-refractivity contribution in [2.75, 3.05) is 26.7 Å². The standard InChI is InChI=1S/C13H16N4O2/c1-16-5-6-19-10(7-16)8-17-9-15-11-3-2-4-14-12(11)13(17)18/h2-4,9-10H,5-8H2,1H3. The summed E-state index contributed by atoms with van der Waals surface area (Å²) < 4.78 is 7.25. The molecule has 0 saturated carbocycles. The summed E-state index contributed by atoms with van der Waals surface area (Å²) in [5.74, 6) is 0. The summed E-state index contributed by atoms with van der Waals surface area (Å²) in [5.41, 5.74) is 0.932. The molecule has 0 spiro atoms. The highest BCUT2D eigenvalue weighted by atomic mass is 16.5. The van der Waals surface area contributed by atoms with E-state index in [4.69, 9.17) is 4.74 Å². The molecule has 1 saturated heterocycles. The molecule has 1 aliphatic rings. The summed E-state index contributed by atoms with van der Waals surface area (Å²) in [6.07, 6.45) is 3.21. The quantitative estimate of drug-likeness (QED) is 0.767. The fraction of sp³-hybridized carbons (Fsp3) is 0.462. The monoisotopic (exact) mass is 260 g/mol. The summed E-state index contributed by atoms with van der Waals surface area (Å²) in [5, 5.41) is 0. The molecule has 0 bridgehead atoms. The molecule has 0 aromatic carbocycles. The third kappa shape index (κ3) is 2.50. The fourth-order valence-corrected chi connectivity index (χ4v) is 2.31. The van der Waals surface area contributed by atoms with Gasteiger partial charge in [0.1, 0.15) is 0 Å². The van der Waals surface area contributed by atoms with Gasteiger partial charge >= 0.3 is 0 Å².